The molecule has 2 heterocycles. The van der Waals surface area contributed by atoms with Crippen molar-refractivity contribution in [1.29, 1.82) is 0 Å². The number of fused-ring (bicyclic) bond motifs is 1. The van der Waals surface area contributed by atoms with Gasteiger partial charge >= 0.3 is 0 Å². The van der Waals surface area contributed by atoms with E-state index in [4.69, 9.17) is 0 Å². The van der Waals surface area contributed by atoms with E-state index in [2.05, 4.69) is 20.7 Å². The van der Waals surface area contributed by atoms with Crippen LogP contribution in [0, 0.1) is 12.7 Å². The summed E-state index contributed by atoms with van der Waals surface area (Å²) in [5.41, 5.74) is 1.26. The van der Waals surface area contributed by atoms with Gasteiger partial charge in [0.1, 0.15) is 17.9 Å². The lowest BCUT2D eigenvalue weighted by molar-refractivity contribution is -0.117. The summed E-state index contributed by atoms with van der Waals surface area (Å²) in [6.45, 7) is 1.42. The van der Waals surface area contributed by atoms with Gasteiger partial charge in [-0.05, 0) is 31.2 Å². The maximum atomic E-state index is 12.8. The second-order valence-corrected chi connectivity index (χ2v) is 5.01. The number of aryl methyl sites for hydroxylation is 2. The van der Waals surface area contributed by atoms with E-state index in [-0.39, 0.29) is 12.1 Å². The van der Waals surface area contributed by atoms with Crippen LogP contribution in [-0.2, 0) is 18.4 Å². The van der Waals surface area contributed by atoms with E-state index >= 15 is 0 Å². The molecule has 0 radical (unpaired) electrons. The Hall–Kier alpha value is -3.10. The third-order valence-corrected chi connectivity index (χ3v) is 3.30. The Morgan fingerprint density at radius 2 is 2.00 bits per heavy atom. The number of halogens is 1. The maximum absolute atomic E-state index is 12.8. The molecule has 3 aromatic rings. The zero-order valence-electron chi connectivity index (χ0n) is 12.4. The minimum absolute atomic E-state index is 0.284. The molecule has 23 heavy (non-hydrogen) atoms. The zero-order valence-corrected chi connectivity index (χ0v) is 12.4. The van der Waals surface area contributed by atoms with Crippen molar-refractivity contribution < 1.29 is 9.18 Å². The first kappa shape index (κ1) is 14.8. The third kappa shape index (κ3) is 2.80. The van der Waals surface area contributed by atoms with Crippen LogP contribution in [0.2, 0.25) is 0 Å². The van der Waals surface area contributed by atoms with Gasteiger partial charge in [-0.15, -0.1) is 5.10 Å². The molecule has 0 atom stereocenters. The first-order valence-electron chi connectivity index (χ1n) is 6.78. The Bertz CT molecular complexity index is 944. The van der Waals surface area contributed by atoms with Crippen molar-refractivity contribution in [1.82, 2.24) is 24.8 Å². The van der Waals surface area contributed by atoms with Crippen LogP contribution < -0.4 is 10.9 Å². The standard InChI is InChI=1S/C14H13FN6O2/c1-8-12-13(20(2)18-8)14(23)21(19-17-12)7-11(22)16-10-5-3-9(15)4-6-10/h3-6H,7H2,1-2H3,(H,16,22). The summed E-state index contributed by atoms with van der Waals surface area (Å²) >= 11 is 0. The molecule has 9 heteroatoms. The molecular weight excluding hydrogens is 303 g/mol. The van der Waals surface area contributed by atoms with Gasteiger partial charge in [-0.3, -0.25) is 14.3 Å². The molecule has 118 valence electrons. The minimum atomic E-state index is -0.466. The van der Waals surface area contributed by atoms with Gasteiger partial charge in [-0.1, -0.05) is 5.21 Å². The number of hydrogen-bond donors (Lipinski definition) is 1. The van der Waals surface area contributed by atoms with Crippen molar-refractivity contribution >= 4 is 22.6 Å². The number of anilines is 1. The van der Waals surface area contributed by atoms with Crippen molar-refractivity contribution in [2.75, 3.05) is 5.32 Å². The third-order valence-electron chi connectivity index (χ3n) is 3.30. The van der Waals surface area contributed by atoms with Crippen LogP contribution in [0.25, 0.3) is 11.0 Å². The molecule has 1 aromatic carbocycles. The van der Waals surface area contributed by atoms with Crippen LogP contribution in [0.5, 0.6) is 0 Å². The summed E-state index contributed by atoms with van der Waals surface area (Å²) in [5.74, 6) is -0.867. The quantitative estimate of drug-likeness (QED) is 0.764. The van der Waals surface area contributed by atoms with Crippen LogP contribution in [0.15, 0.2) is 29.1 Å². The fourth-order valence-corrected chi connectivity index (χ4v) is 2.24. The highest BCUT2D eigenvalue weighted by Crippen LogP contribution is 2.09. The number of hydrogen-bond acceptors (Lipinski definition) is 5. The molecule has 1 amide bonds. The molecular formula is C14H13FN6O2. The topological polar surface area (TPSA) is 94.7 Å². The lowest BCUT2D eigenvalue weighted by Crippen LogP contribution is -2.31. The molecule has 1 N–H and O–H groups in total. The fraction of sp³-hybridized carbons (Fsp3) is 0.214. The van der Waals surface area contributed by atoms with Gasteiger partial charge in [0.15, 0.2) is 5.52 Å². The van der Waals surface area contributed by atoms with Crippen LogP contribution in [0.4, 0.5) is 10.1 Å². The summed E-state index contributed by atoms with van der Waals surface area (Å²) in [6.07, 6.45) is 0. The van der Waals surface area contributed by atoms with Gasteiger partial charge in [0.25, 0.3) is 5.56 Å². The van der Waals surface area contributed by atoms with Gasteiger partial charge in [-0.2, -0.15) is 9.78 Å². The molecule has 8 nitrogen and oxygen atoms in total. The van der Waals surface area contributed by atoms with E-state index in [1.54, 1.807) is 14.0 Å². The SMILES string of the molecule is Cc1nn(C)c2c(=O)n(CC(=O)Nc3ccc(F)cc3)nnc12. The Kier molecular flexibility index (Phi) is 3.61. The summed E-state index contributed by atoms with van der Waals surface area (Å²) in [4.78, 5) is 24.4. The number of aromatic nitrogens is 5. The van der Waals surface area contributed by atoms with Crippen LogP contribution in [-0.4, -0.2) is 30.7 Å². The first-order valence-corrected chi connectivity index (χ1v) is 6.78. The number of carbonyl (C=O) groups excluding carboxylic acids is 1. The Morgan fingerprint density at radius 1 is 1.30 bits per heavy atom. The maximum Gasteiger partial charge on any atom is 0.296 e. The molecule has 0 aliphatic carbocycles. The van der Waals surface area contributed by atoms with Crippen LogP contribution in [0.1, 0.15) is 5.69 Å². The molecule has 0 aliphatic heterocycles. The minimum Gasteiger partial charge on any atom is -0.324 e. The van der Waals surface area contributed by atoms with Crippen molar-refractivity contribution in [3.63, 3.8) is 0 Å². The second kappa shape index (κ2) is 5.59. The molecule has 0 aliphatic rings. The highest BCUT2D eigenvalue weighted by Gasteiger charge is 2.15. The van der Waals surface area contributed by atoms with E-state index in [1.165, 1.54) is 28.9 Å². The van der Waals surface area contributed by atoms with E-state index < -0.39 is 17.3 Å². The first-order chi connectivity index (χ1) is 11.0. The van der Waals surface area contributed by atoms with Gasteiger partial charge in [-0.25, -0.2) is 4.39 Å². The molecule has 0 saturated carbocycles. The van der Waals surface area contributed by atoms with Crippen LogP contribution >= 0.6 is 0 Å². The van der Waals surface area contributed by atoms with E-state index in [9.17, 15) is 14.0 Å². The Balaban J connectivity index is 1.85. The normalized spacial score (nSPS) is 10.9. The molecule has 3 rings (SSSR count). The lowest BCUT2D eigenvalue weighted by Gasteiger charge is -2.06. The van der Waals surface area contributed by atoms with Gasteiger partial charge in [0.2, 0.25) is 5.91 Å². The van der Waals surface area contributed by atoms with Crippen LogP contribution in [0.3, 0.4) is 0 Å². The van der Waals surface area contributed by atoms with Gasteiger partial charge in [0.05, 0.1) is 5.69 Å². The van der Waals surface area contributed by atoms with Crippen molar-refractivity contribution in [2.45, 2.75) is 13.5 Å². The van der Waals surface area contributed by atoms with E-state index in [1.807, 2.05) is 0 Å². The Labute approximate surface area is 129 Å². The van der Waals surface area contributed by atoms with Crippen molar-refractivity contribution in [3.05, 3.63) is 46.1 Å². The smallest absolute Gasteiger partial charge is 0.296 e. The van der Waals surface area contributed by atoms with E-state index in [0.717, 1.165) is 4.68 Å². The summed E-state index contributed by atoms with van der Waals surface area (Å²) in [7, 11) is 1.63. The zero-order chi connectivity index (χ0) is 16.6. The van der Waals surface area contributed by atoms with Gasteiger partial charge < -0.3 is 5.32 Å². The molecule has 0 bridgehead atoms. The lowest BCUT2D eigenvalue weighted by atomic mass is 10.3. The number of rotatable bonds is 3. The number of nitrogens with one attached hydrogen (secondary N) is 1. The molecule has 0 fully saturated rings. The highest BCUT2D eigenvalue weighted by atomic mass is 19.1. The molecule has 0 saturated heterocycles. The number of amides is 1. The molecule has 2 aromatic heterocycles. The predicted octanol–water partition coefficient (Wildman–Crippen LogP) is 0.611. The number of benzene rings is 1. The summed E-state index contributed by atoms with van der Waals surface area (Å²) in [6, 6.07) is 5.31. The molecule has 0 spiro atoms. The van der Waals surface area contributed by atoms with Gasteiger partial charge in [0, 0.05) is 12.7 Å². The predicted molar refractivity (Wildman–Crippen MR) is 80.3 cm³/mol. The fourth-order valence-electron chi connectivity index (χ4n) is 2.24. The van der Waals surface area contributed by atoms with Crippen molar-refractivity contribution in [2.24, 2.45) is 7.05 Å². The monoisotopic (exact) mass is 316 g/mol. The van der Waals surface area contributed by atoms with E-state index in [0.29, 0.717) is 16.9 Å². The Morgan fingerprint density at radius 3 is 2.70 bits per heavy atom. The number of nitrogens with zero attached hydrogens (tertiary/aromatic N) is 5. The average Bonchev–Trinajstić information content (AvgIpc) is 2.79. The summed E-state index contributed by atoms with van der Waals surface area (Å²) < 4.78 is 15.2. The second-order valence-electron chi connectivity index (χ2n) is 5.01. The average molecular weight is 316 g/mol. The largest absolute Gasteiger partial charge is 0.324 e. The number of carbonyl (C=O) groups is 1. The molecule has 0 unspecified atom stereocenters. The van der Waals surface area contributed by atoms with Crippen molar-refractivity contribution in [3.8, 4) is 0 Å². The summed E-state index contributed by atoms with van der Waals surface area (Å²) in [5, 5.41) is 14.4. The highest BCUT2D eigenvalue weighted by molar-refractivity contribution is 5.90.